The van der Waals surface area contributed by atoms with Gasteiger partial charge in [0.05, 0.1) is 12.2 Å². The third kappa shape index (κ3) is 2.78. The van der Waals surface area contributed by atoms with Crippen LogP contribution in [0, 0.1) is 5.82 Å². The zero-order chi connectivity index (χ0) is 16.6. The molecule has 0 radical (unpaired) electrons. The molecule has 0 saturated carbocycles. The number of fused-ring (bicyclic) bond motifs is 1. The molecule has 24 heavy (non-hydrogen) atoms. The summed E-state index contributed by atoms with van der Waals surface area (Å²) in [4.78, 5) is 12.7. The number of ether oxygens (including phenoxy) is 2. The fourth-order valence-corrected chi connectivity index (χ4v) is 3.74. The molecular formula is C19H20FNO3. The second-order valence-corrected chi connectivity index (χ2v) is 6.64. The van der Waals surface area contributed by atoms with E-state index in [1.165, 1.54) is 6.07 Å². The van der Waals surface area contributed by atoms with Gasteiger partial charge in [-0.3, -0.25) is 4.79 Å². The van der Waals surface area contributed by atoms with Crippen LogP contribution in [0.3, 0.4) is 0 Å². The van der Waals surface area contributed by atoms with Gasteiger partial charge in [-0.15, -0.1) is 0 Å². The second kappa shape index (κ2) is 6.15. The fourth-order valence-electron chi connectivity index (χ4n) is 3.74. The van der Waals surface area contributed by atoms with Gasteiger partial charge in [0.2, 0.25) is 0 Å². The molecule has 1 N–H and O–H groups in total. The zero-order valence-electron chi connectivity index (χ0n) is 13.4. The standard InChI is InChI=1S/C19H20FNO3/c20-17-6-5-16(14-3-1-2-4-15(14)17)18(22)21-13-7-9-24-19(11-13)8-10-23-12-19/h1-6,13H,7-12H2,(H,21,22)/t13-,19+/m0/s1. The molecule has 4 nitrogen and oxygen atoms in total. The Hall–Kier alpha value is -1.98. The van der Waals surface area contributed by atoms with E-state index in [4.69, 9.17) is 9.47 Å². The van der Waals surface area contributed by atoms with E-state index in [9.17, 15) is 9.18 Å². The molecule has 2 fully saturated rings. The quantitative estimate of drug-likeness (QED) is 0.921. The van der Waals surface area contributed by atoms with E-state index < -0.39 is 0 Å². The molecule has 2 aliphatic rings. The number of hydrogen-bond donors (Lipinski definition) is 1. The second-order valence-electron chi connectivity index (χ2n) is 6.64. The monoisotopic (exact) mass is 329 g/mol. The van der Waals surface area contributed by atoms with Crippen molar-refractivity contribution in [3.8, 4) is 0 Å². The van der Waals surface area contributed by atoms with Crippen molar-refractivity contribution in [3.05, 3.63) is 47.8 Å². The Morgan fingerprint density at radius 1 is 1.17 bits per heavy atom. The molecule has 0 aromatic heterocycles. The van der Waals surface area contributed by atoms with Crippen molar-refractivity contribution < 1.29 is 18.7 Å². The number of amides is 1. The third-order valence-corrected chi connectivity index (χ3v) is 5.01. The number of carbonyl (C=O) groups excluding carboxylic acids is 1. The van der Waals surface area contributed by atoms with Crippen LogP contribution in [-0.4, -0.2) is 37.4 Å². The first-order valence-electron chi connectivity index (χ1n) is 8.37. The van der Waals surface area contributed by atoms with Gasteiger partial charge in [-0.2, -0.15) is 0 Å². The van der Waals surface area contributed by atoms with Crippen LogP contribution in [0.25, 0.3) is 10.8 Å². The van der Waals surface area contributed by atoms with Gasteiger partial charge in [0, 0.05) is 36.6 Å². The van der Waals surface area contributed by atoms with Gasteiger partial charge in [-0.25, -0.2) is 4.39 Å². The highest BCUT2D eigenvalue weighted by Gasteiger charge is 2.41. The molecule has 5 heteroatoms. The predicted molar refractivity (Wildman–Crippen MR) is 88.5 cm³/mol. The highest BCUT2D eigenvalue weighted by atomic mass is 19.1. The molecule has 2 aromatic carbocycles. The van der Waals surface area contributed by atoms with E-state index in [-0.39, 0.29) is 23.4 Å². The Kier molecular flexibility index (Phi) is 3.98. The van der Waals surface area contributed by atoms with E-state index in [1.807, 2.05) is 6.07 Å². The van der Waals surface area contributed by atoms with Gasteiger partial charge in [-0.1, -0.05) is 24.3 Å². The minimum atomic E-state index is -0.310. The lowest BCUT2D eigenvalue weighted by molar-refractivity contribution is -0.0880. The van der Waals surface area contributed by atoms with Crippen LogP contribution >= 0.6 is 0 Å². The number of nitrogens with one attached hydrogen (secondary N) is 1. The average Bonchev–Trinajstić information content (AvgIpc) is 3.03. The highest BCUT2D eigenvalue weighted by Crippen LogP contribution is 2.33. The lowest BCUT2D eigenvalue weighted by atomic mass is 9.89. The van der Waals surface area contributed by atoms with Gasteiger partial charge in [0.25, 0.3) is 5.91 Å². The normalized spacial score (nSPS) is 26.8. The van der Waals surface area contributed by atoms with E-state index >= 15 is 0 Å². The van der Waals surface area contributed by atoms with E-state index in [1.54, 1.807) is 24.3 Å². The highest BCUT2D eigenvalue weighted by molar-refractivity contribution is 6.07. The summed E-state index contributed by atoms with van der Waals surface area (Å²) >= 11 is 0. The van der Waals surface area contributed by atoms with Crippen LogP contribution in [-0.2, 0) is 9.47 Å². The van der Waals surface area contributed by atoms with E-state index in [0.29, 0.717) is 36.2 Å². The maximum absolute atomic E-state index is 13.9. The first-order valence-corrected chi connectivity index (χ1v) is 8.37. The molecule has 2 atom stereocenters. The van der Waals surface area contributed by atoms with Gasteiger partial charge >= 0.3 is 0 Å². The van der Waals surface area contributed by atoms with Crippen LogP contribution in [0.15, 0.2) is 36.4 Å². The summed E-state index contributed by atoms with van der Waals surface area (Å²) in [5.74, 6) is -0.470. The van der Waals surface area contributed by atoms with Crippen molar-refractivity contribution in [2.45, 2.75) is 30.9 Å². The molecule has 1 amide bonds. The van der Waals surface area contributed by atoms with Crippen molar-refractivity contribution in [2.24, 2.45) is 0 Å². The molecule has 2 saturated heterocycles. The van der Waals surface area contributed by atoms with Gasteiger partial charge in [-0.05, 0) is 30.4 Å². The topological polar surface area (TPSA) is 47.6 Å². The van der Waals surface area contributed by atoms with Crippen molar-refractivity contribution >= 4 is 16.7 Å². The van der Waals surface area contributed by atoms with Gasteiger partial charge in [0.1, 0.15) is 5.82 Å². The number of carbonyl (C=O) groups is 1. The van der Waals surface area contributed by atoms with E-state index in [0.717, 1.165) is 19.3 Å². The zero-order valence-corrected chi connectivity index (χ0v) is 13.4. The number of hydrogen-bond acceptors (Lipinski definition) is 3. The van der Waals surface area contributed by atoms with Crippen LogP contribution in [0.1, 0.15) is 29.6 Å². The van der Waals surface area contributed by atoms with Crippen molar-refractivity contribution in [1.29, 1.82) is 0 Å². The number of rotatable bonds is 2. The lowest BCUT2D eigenvalue weighted by Gasteiger charge is -2.37. The summed E-state index contributed by atoms with van der Waals surface area (Å²) in [5, 5.41) is 4.21. The van der Waals surface area contributed by atoms with Crippen molar-refractivity contribution in [2.75, 3.05) is 19.8 Å². The Morgan fingerprint density at radius 2 is 2.00 bits per heavy atom. The summed E-state index contributed by atoms with van der Waals surface area (Å²) in [6.45, 7) is 1.93. The van der Waals surface area contributed by atoms with Crippen molar-refractivity contribution in [1.82, 2.24) is 5.32 Å². The maximum atomic E-state index is 13.9. The fraction of sp³-hybridized carbons (Fsp3) is 0.421. The Labute approximate surface area is 139 Å². The number of halogens is 1. The van der Waals surface area contributed by atoms with Gasteiger partial charge < -0.3 is 14.8 Å². The van der Waals surface area contributed by atoms with E-state index in [2.05, 4.69) is 5.32 Å². The minimum absolute atomic E-state index is 0.0526. The van der Waals surface area contributed by atoms with Crippen molar-refractivity contribution in [3.63, 3.8) is 0 Å². The molecule has 0 aliphatic carbocycles. The molecule has 126 valence electrons. The lowest BCUT2D eigenvalue weighted by Crippen LogP contribution is -2.49. The molecule has 0 bridgehead atoms. The molecule has 2 heterocycles. The Morgan fingerprint density at radius 3 is 2.79 bits per heavy atom. The summed E-state index contributed by atoms with van der Waals surface area (Å²) < 4.78 is 25.3. The molecule has 2 aromatic rings. The predicted octanol–water partition coefficient (Wildman–Crippen LogP) is 3.05. The SMILES string of the molecule is O=C(N[C@H]1CCO[C@]2(CCOC2)C1)c1ccc(F)c2ccccc12. The first kappa shape index (κ1) is 15.5. The summed E-state index contributed by atoms with van der Waals surface area (Å²) in [6.07, 6.45) is 2.42. The molecule has 1 spiro atoms. The third-order valence-electron chi connectivity index (χ3n) is 5.01. The largest absolute Gasteiger partial charge is 0.378 e. The molecular weight excluding hydrogens is 309 g/mol. The summed E-state index contributed by atoms with van der Waals surface area (Å²) in [5.41, 5.74) is 0.261. The Balaban J connectivity index is 1.55. The average molecular weight is 329 g/mol. The summed E-state index contributed by atoms with van der Waals surface area (Å²) in [7, 11) is 0. The van der Waals surface area contributed by atoms with Crippen LogP contribution in [0.2, 0.25) is 0 Å². The number of benzene rings is 2. The van der Waals surface area contributed by atoms with Crippen LogP contribution < -0.4 is 5.32 Å². The molecule has 2 aliphatic heterocycles. The first-order chi connectivity index (χ1) is 11.7. The van der Waals surface area contributed by atoms with Gasteiger partial charge in [0.15, 0.2) is 0 Å². The minimum Gasteiger partial charge on any atom is -0.378 e. The van der Waals surface area contributed by atoms with Crippen LogP contribution in [0.5, 0.6) is 0 Å². The Bertz CT molecular complexity index is 770. The molecule has 4 rings (SSSR count). The maximum Gasteiger partial charge on any atom is 0.252 e. The molecule has 0 unspecified atom stereocenters. The smallest absolute Gasteiger partial charge is 0.252 e. The van der Waals surface area contributed by atoms with Crippen LogP contribution in [0.4, 0.5) is 4.39 Å². The summed E-state index contributed by atoms with van der Waals surface area (Å²) in [6, 6.07) is 10.0.